The van der Waals surface area contributed by atoms with Crippen molar-refractivity contribution in [1.82, 2.24) is 0 Å². The van der Waals surface area contributed by atoms with Crippen LogP contribution in [0.15, 0.2) is 12.2 Å². The molecule has 5 heteroatoms. The van der Waals surface area contributed by atoms with Crippen LogP contribution in [0.1, 0.15) is 0 Å². The Morgan fingerprint density at radius 2 is 1.27 bits per heavy atom. The van der Waals surface area contributed by atoms with Crippen molar-refractivity contribution in [3.8, 4) is 0 Å². The highest BCUT2D eigenvalue weighted by molar-refractivity contribution is 5.89. The normalized spacial score (nSPS) is 8.55. The van der Waals surface area contributed by atoms with Crippen LogP contribution in [0, 0.1) is 0 Å². The van der Waals surface area contributed by atoms with Gasteiger partial charge in [0, 0.05) is 26.4 Å². The maximum Gasteiger partial charge on any atom is 0.328 e. The minimum Gasteiger partial charge on any atom is -0.478 e. The maximum absolute atomic E-state index is 9.55. The standard InChI is InChI=1S/C4H4O4.C2H6O/c5-3(6)1-2-4(7)8;1-3-2/h1-2H,(H,5,6)(H,7,8);1-2H3. The topological polar surface area (TPSA) is 83.8 Å². The molecule has 0 aliphatic rings. The molecule has 0 atom stereocenters. The number of methoxy groups -OCH3 is 1. The first-order valence-corrected chi connectivity index (χ1v) is 2.58. The van der Waals surface area contributed by atoms with E-state index in [0.29, 0.717) is 12.2 Å². The summed E-state index contributed by atoms with van der Waals surface area (Å²) in [7, 11) is 3.25. The molecule has 11 heavy (non-hydrogen) atoms. The highest BCUT2D eigenvalue weighted by Crippen LogP contribution is 1.70. The van der Waals surface area contributed by atoms with Gasteiger partial charge in [-0.25, -0.2) is 9.59 Å². The third-order valence-corrected chi connectivity index (χ3v) is 0.368. The number of ether oxygens (including phenoxy) is 1. The Kier molecular flexibility index (Phi) is 9.68. The van der Waals surface area contributed by atoms with Crippen molar-refractivity contribution in [2.24, 2.45) is 0 Å². The van der Waals surface area contributed by atoms with Crippen LogP contribution in [-0.4, -0.2) is 36.4 Å². The summed E-state index contributed by atoms with van der Waals surface area (Å²) >= 11 is 0. The summed E-state index contributed by atoms with van der Waals surface area (Å²) in [5.74, 6) is -2.51. The lowest BCUT2D eigenvalue weighted by molar-refractivity contribution is -0.134. The molecule has 0 unspecified atom stereocenters. The monoisotopic (exact) mass is 162 g/mol. The molecule has 0 bridgehead atoms. The SMILES string of the molecule is COC.O=C(O)C=CC(=O)O. The Hall–Kier alpha value is -1.36. The Balaban J connectivity index is 0. The van der Waals surface area contributed by atoms with Crippen LogP contribution >= 0.6 is 0 Å². The van der Waals surface area contributed by atoms with E-state index in [1.54, 1.807) is 14.2 Å². The molecule has 0 spiro atoms. The fourth-order valence-electron chi connectivity index (χ4n) is 0.143. The zero-order valence-electron chi connectivity index (χ0n) is 6.27. The van der Waals surface area contributed by atoms with E-state index in [-0.39, 0.29) is 0 Å². The first-order valence-electron chi connectivity index (χ1n) is 2.58. The largest absolute Gasteiger partial charge is 0.478 e. The third kappa shape index (κ3) is 28.8. The van der Waals surface area contributed by atoms with E-state index in [4.69, 9.17) is 10.2 Å². The number of carboxylic acids is 2. The highest BCUT2D eigenvalue weighted by Gasteiger charge is 1.88. The fraction of sp³-hybridized carbons (Fsp3) is 0.333. The summed E-state index contributed by atoms with van der Waals surface area (Å²) in [5, 5.41) is 15.6. The first kappa shape index (κ1) is 12.3. The zero-order chi connectivity index (χ0) is 9.28. The molecule has 0 amide bonds. The molecule has 0 fully saturated rings. The van der Waals surface area contributed by atoms with Gasteiger partial charge in [-0.05, 0) is 0 Å². The van der Waals surface area contributed by atoms with Crippen LogP contribution in [0.2, 0.25) is 0 Å². The van der Waals surface area contributed by atoms with Crippen LogP contribution in [0.5, 0.6) is 0 Å². The second-order valence-electron chi connectivity index (χ2n) is 1.42. The van der Waals surface area contributed by atoms with Crippen LogP contribution in [-0.2, 0) is 14.3 Å². The van der Waals surface area contributed by atoms with Gasteiger partial charge >= 0.3 is 11.9 Å². The Bertz CT molecular complexity index is 133. The lowest BCUT2D eigenvalue weighted by atomic mass is 10.5. The summed E-state index contributed by atoms with van der Waals surface area (Å²) in [6, 6.07) is 0. The Labute approximate surface area is 63.9 Å². The summed E-state index contributed by atoms with van der Waals surface area (Å²) in [6.45, 7) is 0. The van der Waals surface area contributed by atoms with Crippen LogP contribution in [0.25, 0.3) is 0 Å². The highest BCUT2D eigenvalue weighted by atomic mass is 16.4. The summed E-state index contributed by atoms with van der Waals surface area (Å²) in [5.41, 5.74) is 0. The molecule has 0 aliphatic heterocycles. The molecule has 5 nitrogen and oxygen atoms in total. The molecule has 64 valence electrons. The molecule has 2 N–H and O–H groups in total. The van der Waals surface area contributed by atoms with Gasteiger partial charge in [0.05, 0.1) is 0 Å². The van der Waals surface area contributed by atoms with E-state index in [1.165, 1.54) is 0 Å². The van der Waals surface area contributed by atoms with Gasteiger partial charge in [0.2, 0.25) is 0 Å². The van der Waals surface area contributed by atoms with Gasteiger partial charge in [-0.15, -0.1) is 0 Å². The molecular formula is C6H10O5. The van der Waals surface area contributed by atoms with Crippen molar-refractivity contribution < 1.29 is 24.5 Å². The fourth-order valence-corrected chi connectivity index (χ4v) is 0.143. The number of carbonyl (C=O) groups is 2. The lowest BCUT2D eigenvalue weighted by Gasteiger charge is -1.74. The molecule has 0 radical (unpaired) electrons. The number of aliphatic carboxylic acids is 2. The third-order valence-electron chi connectivity index (χ3n) is 0.368. The Morgan fingerprint density at radius 3 is 1.36 bits per heavy atom. The van der Waals surface area contributed by atoms with E-state index in [9.17, 15) is 9.59 Å². The molecule has 0 rings (SSSR count). The smallest absolute Gasteiger partial charge is 0.328 e. The molecule has 0 aliphatic carbocycles. The van der Waals surface area contributed by atoms with Gasteiger partial charge in [0.1, 0.15) is 0 Å². The average Bonchev–Trinajstić information content (AvgIpc) is 1.85. The predicted molar refractivity (Wildman–Crippen MR) is 37.3 cm³/mol. The van der Waals surface area contributed by atoms with Gasteiger partial charge in [-0.3, -0.25) is 0 Å². The number of hydrogen-bond donors (Lipinski definition) is 2. The number of hydrogen-bond acceptors (Lipinski definition) is 3. The number of rotatable bonds is 2. The van der Waals surface area contributed by atoms with E-state index < -0.39 is 11.9 Å². The minimum atomic E-state index is -1.26. The molecule has 0 saturated carbocycles. The van der Waals surface area contributed by atoms with Crippen molar-refractivity contribution >= 4 is 11.9 Å². The van der Waals surface area contributed by atoms with E-state index >= 15 is 0 Å². The van der Waals surface area contributed by atoms with Crippen LogP contribution in [0.4, 0.5) is 0 Å². The summed E-state index contributed by atoms with van der Waals surface area (Å²) < 4.78 is 4.25. The van der Waals surface area contributed by atoms with Crippen molar-refractivity contribution in [3.63, 3.8) is 0 Å². The van der Waals surface area contributed by atoms with E-state index in [1.807, 2.05) is 0 Å². The van der Waals surface area contributed by atoms with Crippen molar-refractivity contribution in [3.05, 3.63) is 12.2 Å². The second-order valence-corrected chi connectivity index (χ2v) is 1.42. The average molecular weight is 162 g/mol. The van der Waals surface area contributed by atoms with E-state index in [0.717, 1.165) is 0 Å². The van der Waals surface area contributed by atoms with E-state index in [2.05, 4.69) is 4.74 Å². The number of carboxylic acid groups (broad SMARTS) is 2. The van der Waals surface area contributed by atoms with Crippen molar-refractivity contribution in [2.75, 3.05) is 14.2 Å². The van der Waals surface area contributed by atoms with Gasteiger partial charge in [-0.1, -0.05) is 0 Å². The molecule has 0 aromatic carbocycles. The second kappa shape index (κ2) is 8.64. The zero-order valence-corrected chi connectivity index (χ0v) is 6.27. The Morgan fingerprint density at radius 1 is 1.09 bits per heavy atom. The van der Waals surface area contributed by atoms with Gasteiger partial charge in [-0.2, -0.15) is 0 Å². The van der Waals surface area contributed by atoms with Gasteiger partial charge in [0.15, 0.2) is 0 Å². The quantitative estimate of drug-likeness (QED) is 0.557. The van der Waals surface area contributed by atoms with Gasteiger partial charge in [0.25, 0.3) is 0 Å². The van der Waals surface area contributed by atoms with Gasteiger partial charge < -0.3 is 14.9 Å². The molecule has 0 aromatic rings. The van der Waals surface area contributed by atoms with Crippen molar-refractivity contribution in [2.45, 2.75) is 0 Å². The van der Waals surface area contributed by atoms with Crippen LogP contribution < -0.4 is 0 Å². The predicted octanol–water partition coefficient (Wildman–Crippen LogP) is -0.0256. The summed E-state index contributed by atoms with van der Waals surface area (Å²) in [6.07, 6.45) is 1.12. The molecular weight excluding hydrogens is 152 g/mol. The van der Waals surface area contributed by atoms with Crippen molar-refractivity contribution in [1.29, 1.82) is 0 Å². The van der Waals surface area contributed by atoms with Crippen LogP contribution in [0.3, 0.4) is 0 Å². The molecule has 0 heterocycles. The lowest BCUT2D eigenvalue weighted by Crippen LogP contribution is -1.91. The first-order chi connectivity index (χ1) is 5.04. The minimum absolute atomic E-state index is 0.558. The molecule has 0 aromatic heterocycles. The summed E-state index contributed by atoms with van der Waals surface area (Å²) in [4.78, 5) is 19.1. The maximum atomic E-state index is 9.55. The molecule has 0 saturated heterocycles.